The van der Waals surface area contributed by atoms with Gasteiger partial charge in [-0.2, -0.15) is 10.7 Å². The minimum atomic E-state index is 0.0830. The topological polar surface area (TPSA) is 84.8 Å². The second-order valence-corrected chi connectivity index (χ2v) is 10.3. The molecule has 0 aromatic carbocycles. The summed E-state index contributed by atoms with van der Waals surface area (Å²) in [6.45, 7) is 7.18. The van der Waals surface area contributed by atoms with Crippen molar-refractivity contribution in [1.29, 1.82) is 5.26 Å². The van der Waals surface area contributed by atoms with Gasteiger partial charge in [0, 0.05) is 25.6 Å². The van der Waals surface area contributed by atoms with E-state index in [4.69, 9.17) is 14.8 Å². The van der Waals surface area contributed by atoms with Gasteiger partial charge in [-0.1, -0.05) is 0 Å². The lowest BCUT2D eigenvalue weighted by Gasteiger charge is -2.41. The molecule has 8 heteroatoms. The van der Waals surface area contributed by atoms with Crippen molar-refractivity contribution in [2.45, 2.75) is 76.0 Å². The van der Waals surface area contributed by atoms with E-state index in [1.165, 1.54) is 45.2 Å². The van der Waals surface area contributed by atoms with Crippen molar-refractivity contribution in [3.05, 3.63) is 0 Å². The normalized spacial score (nSPS) is 43.1. The number of hydroxylamine groups is 1. The Morgan fingerprint density at radius 3 is 2.65 bits per heavy atom. The van der Waals surface area contributed by atoms with Gasteiger partial charge in [-0.05, 0) is 76.3 Å². The van der Waals surface area contributed by atoms with Crippen LogP contribution in [0.1, 0.15) is 51.4 Å². The lowest BCUT2D eigenvalue weighted by atomic mass is 9.82. The summed E-state index contributed by atoms with van der Waals surface area (Å²) in [5, 5.41) is 16.7. The van der Waals surface area contributed by atoms with Crippen molar-refractivity contribution < 1.29 is 9.57 Å². The summed E-state index contributed by atoms with van der Waals surface area (Å²) in [6.07, 6.45) is 10.2. The molecule has 3 N–H and O–H groups in total. The van der Waals surface area contributed by atoms with Crippen LogP contribution in [0.5, 0.6) is 0 Å². The van der Waals surface area contributed by atoms with E-state index in [-0.39, 0.29) is 12.4 Å². The summed E-state index contributed by atoms with van der Waals surface area (Å²) in [6, 6.07) is 2.93. The van der Waals surface area contributed by atoms with Crippen molar-refractivity contribution in [2.24, 2.45) is 17.8 Å². The molecule has 0 aromatic rings. The van der Waals surface area contributed by atoms with E-state index in [0.29, 0.717) is 24.0 Å². The molecule has 5 rings (SSSR count). The monoisotopic (exact) mass is 432 g/mol. The fourth-order valence-corrected chi connectivity index (χ4v) is 6.43. The van der Waals surface area contributed by atoms with Gasteiger partial charge in [0.25, 0.3) is 0 Å². The molecule has 0 spiro atoms. The van der Waals surface area contributed by atoms with Crippen LogP contribution in [0, 0.1) is 29.1 Å². The van der Waals surface area contributed by atoms with Crippen LogP contribution in [0.2, 0.25) is 0 Å². The highest BCUT2D eigenvalue weighted by atomic mass is 16.7. The van der Waals surface area contributed by atoms with Crippen LogP contribution in [0.3, 0.4) is 0 Å². The summed E-state index contributed by atoms with van der Waals surface area (Å²) in [5.74, 6) is 1.62. The molecule has 174 valence electrons. The highest BCUT2D eigenvalue weighted by molar-refractivity contribution is 4.94. The number of ether oxygens (including phenoxy) is 1. The Labute approximate surface area is 186 Å². The van der Waals surface area contributed by atoms with E-state index in [1.807, 2.05) is 0 Å². The molecule has 4 heterocycles. The molecular formula is C23H40N6O2. The Hall–Kier alpha value is -0.790. The molecule has 5 aliphatic rings. The first-order valence-electron chi connectivity index (χ1n) is 12.7. The molecule has 0 aromatic heterocycles. The van der Waals surface area contributed by atoms with E-state index < -0.39 is 0 Å². The third-order valence-corrected chi connectivity index (χ3v) is 8.33. The number of nitriles is 1. The summed E-state index contributed by atoms with van der Waals surface area (Å²) in [5.41, 5.74) is 3.37. The molecule has 0 amide bonds. The predicted octanol–water partition coefficient (Wildman–Crippen LogP) is 1.22. The molecule has 0 radical (unpaired) electrons. The number of rotatable bonds is 5. The third-order valence-electron chi connectivity index (χ3n) is 8.33. The number of piperidine rings is 1. The van der Waals surface area contributed by atoms with Crippen molar-refractivity contribution in [2.75, 3.05) is 45.9 Å². The van der Waals surface area contributed by atoms with Crippen molar-refractivity contribution in [1.82, 2.24) is 25.9 Å². The quantitative estimate of drug-likeness (QED) is 0.598. The largest absolute Gasteiger partial charge is 0.379 e. The Balaban J connectivity index is 1.11. The predicted molar refractivity (Wildman–Crippen MR) is 117 cm³/mol. The number of nitrogens with zero attached hydrogens (tertiary/aromatic N) is 3. The zero-order valence-electron chi connectivity index (χ0n) is 18.8. The molecule has 1 saturated carbocycles. The molecule has 0 bridgehead atoms. The van der Waals surface area contributed by atoms with Crippen LogP contribution in [0.15, 0.2) is 0 Å². The van der Waals surface area contributed by atoms with E-state index in [1.54, 1.807) is 0 Å². The zero-order chi connectivity index (χ0) is 21.0. The number of morpholine rings is 1. The van der Waals surface area contributed by atoms with E-state index in [9.17, 15) is 0 Å². The number of likely N-dealkylation sites (tertiary alicyclic amines) is 1. The second-order valence-electron chi connectivity index (χ2n) is 10.3. The molecule has 31 heavy (non-hydrogen) atoms. The molecule has 8 nitrogen and oxygen atoms in total. The lowest BCUT2D eigenvalue weighted by Crippen LogP contribution is -2.57. The Bertz CT molecular complexity index is 616. The summed E-state index contributed by atoms with van der Waals surface area (Å²) in [7, 11) is 0. The van der Waals surface area contributed by atoms with E-state index in [0.717, 1.165) is 58.0 Å². The molecule has 4 unspecified atom stereocenters. The first-order chi connectivity index (χ1) is 15.3. The standard InChI is InChI=1S/C23H40N6O2/c24-15-17-3-5-18(6-4-17)16-29-9-1-2-20(29)23-26-22(27-31-23)19-7-8-25-21(14-19)28-10-12-30-13-11-28/h17-23,25-27H,1-14,16H2/t17?,18?,19?,20-,21?,22?,23?/m0/s1. The van der Waals surface area contributed by atoms with Crippen LogP contribution in [0.25, 0.3) is 0 Å². The molecule has 1 aliphatic carbocycles. The minimum absolute atomic E-state index is 0.0830. The van der Waals surface area contributed by atoms with Gasteiger partial charge in [0.05, 0.1) is 37.7 Å². The third kappa shape index (κ3) is 5.25. The van der Waals surface area contributed by atoms with Gasteiger partial charge in [-0.3, -0.25) is 20.0 Å². The fourth-order valence-electron chi connectivity index (χ4n) is 6.43. The minimum Gasteiger partial charge on any atom is -0.379 e. The maximum Gasteiger partial charge on any atom is 0.146 e. The van der Waals surface area contributed by atoms with Gasteiger partial charge in [-0.25, -0.2) is 0 Å². The van der Waals surface area contributed by atoms with Crippen LogP contribution >= 0.6 is 0 Å². The molecule has 4 aliphatic heterocycles. The summed E-state index contributed by atoms with van der Waals surface area (Å²) >= 11 is 0. The van der Waals surface area contributed by atoms with Crippen molar-refractivity contribution in [3.63, 3.8) is 0 Å². The highest BCUT2D eigenvalue weighted by Crippen LogP contribution is 2.32. The van der Waals surface area contributed by atoms with Crippen LogP contribution in [-0.2, 0) is 9.57 Å². The maximum atomic E-state index is 9.17. The summed E-state index contributed by atoms with van der Waals surface area (Å²) in [4.78, 5) is 11.3. The van der Waals surface area contributed by atoms with Crippen LogP contribution in [0.4, 0.5) is 0 Å². The van der Waals surface area contributed by atoms with Gasteiger partial charge in [0.15, 0.2) is 0 Å². The molecule has 5 fully saturated rings. The number of hydrogen-bond acceptors (Lipinski definition) is 8. The number of hydrogen-bond donors (Lipinski definition) is 3. The smallest absolute Gasteiger partial charge is 0.146 e. The Kier molecular flexibility index (Phi) is 7.41. The molecular weight excluding hydrogens is 392 g/mol. The fraction of sp³-hybridized carbons (Fsp3) is 0.957. The van der Waals surface area contributed by atoms with Gasteiger partial charge < -0.3 is 10.1 Å². The average Bonchev–Trinajstić information content (AvgIpc) is 3.50. The Morgan fingerprint density at radius 1 is 1.00 bits per heavy atom. The maximum absolute atomic E-state index is 9.17. The first kappa shape index (κ1) is 22.0. The van der Waals surface area contributed by atoms with E-state index >= 15 is 0 Å². The average molecular weight is 433 g/mol. The Morgan fingerprint density at radius 2 is 1.84 bits per heavy atom. The SMILES string of the molecule is N#CC1CCC(CN2CCC[C@H]2C2NC(C3CCNC(N4CCOCC4)C3)NO2)CC1. The van der Waals surface area contributed by atoms with Crippen LogP contribution in [-0.4, -0.2) is 80.3 Å². The van der Waals surface area contributed by atoms with E-state index in [2.05, 4.69) is 32.0 Å². The van der Waals surface area contributed by atoms with Gasteiger partial charge in [0.2, 0.25) is 0 Å². The second kappa shape index (κ2) is 10.4. The number of nitrogens with one attached hydrogen (secondary N) is 3. The zero-order valence-corrected chi connectivity index (χ0v) is 18.8. The van der Waals surface area contributed by atoms with Gasteiger partial charge >= 0.3 is 0 Å². The lowest BCUT2D eigenvalue weighted by molar-refractivity contribution is -0.0307. The molecule has 5 atom stereocenters. The van der Waals surface area contributed by atoms with Gasteiger partial charge in [-0.15, -0.1) is 0 Å². The van der Waals surface area contributed by atoms with Crippen molar-refractivity contribution in [3.8, 4) is 6.07 Å². The first-order valence-corrected chi connectivity index (χ1v) is 12.7. The van der Waals surface area contributed by atoms with Crippen LogP contribution < -0.4 is 16.1 Å². The molecule has 4 saturated heterocycles. The van der Waals surface area contributed by atoms with Gasteiger partial charge in [0.1, 0.15) is 6.23 Å². The van der Waals surface area contributed by atoms with Crippen molar-refractivity contribution >= 4 is 0 Å². The highest BCUT2D eigenvalue weighted by Gasteiger charge is 2.42. The summed E-state index contributed by atoms with van der Waals surface area (Å²) < 4.78 is 5.53.